The molecule has 1 aromatic rings. The Hall–Kier alpha value is -0.693. The highest BCUT2D eigenvalue weighted by Crippen LogP contribution is 2.16. The van der Waals surface area contributed by atoms with Gasteiger partial charge in [-0.1, -0.05) is 0 Å². The lowest BCUT2D eigenvalue weighted by Gasteiger charge is -2.27. The van der Waals surface area contributed by atoms with Crippen LogP contribution in [0.25, 0.3) is 0 Å². The van der Waals surface area contributed by atoms with Gasteiger partial charge in [-0.15, -0.1) is 0 Å². The number of rotatable bonds is 9. The molecule has 0 amide bonds. The largest absolute Gasteiger partial charge is 0.507 e. The lowest BCUT2D eigenvalue weighted by molar-refractivity contribution is -0.702. The fourth-order valence-corrected chi connectivity index (χ4v) is 4.36. The van der Waals surface area contributed by atoms with Crippen LogP contribution in [0.4, 0.5) is 0 Å². The highest BCUT2D eigenvalue weighted by atomic mass is 28.4. The topological polar surface area (TPSA) is 44.7 Å². The van der Waals surface area contributed by atoms with Crippen molar-refractivity contribution in [3.8, 4) is 0 Å². The summed E-state index contributed by atoms with van der Waals surface area (Å²) >= 11 is 0. The van der Waals surface area contributed by atoms with E-state index in [0.29, 0.717) is 19.8 Å². The molecular formula is C12H24NO4Si+. The molecule has 5 nitrogen and oxygen atoms in total. The number of oxazole rings is 1. The predicted octanol–water partition coefficient (Wildman–Crippen LogP) is 1.92. The molecular weight excluding hydrogens is 250 g/mol. The molecule has 1 rings (SSSR count). The van der Waals surface area contributed by atoms with Gasteiger partial charge in [0.25, 0.3) is 0 Å². The second-order valence-electron chi connectivity index (χ2n) is 3.93. The molecule has 0 saturated carbocycles. The van der Waals surface area contributed by atoms with Crippen LogP contribution in [0.3, 0.4) is 0 Å². The van der Waals surface area contributed by atoms with Gasteiger partial charge in [-0.3, -0.25) is 0 Å². The zero-order valence-corrected chi connectivity index (χ0v) is 12.8. The highest BCUT2D eigenvalue weighted by molar-refractivity contribution is 6.60. The monoisotopic (exact) mass is 274 g/mol. The predicted molar refractivity (Wildman–Crippen MR) is 69.1 cm³/mol. The van der Waals surface area contributed by atoms with Gasteiger partial charge in [0.05, 0.1) is 6.04 Å². The van der Waals surface area contributed by atoms with Crippen LogP contribution in [0.1, 0.15) is 26.5 Å². The molecule has 0 radical (unpaired) electrons. The van der Waals surface area contributed by atoms with Gasteiger partial charge in [0.2, 0.25) is 5.69 Å². The van der Waals surface area contributed by atoms with Crippen molar-refractivity contribution >= 4 is 8.80 Å². The second kappa shape index (κ2) is 7.68. The molecule has 0 spiro atoms. The van der Waals surface area contributed by atoms with Crippen LogP contribution in [-0.2, 0) is 19.8 Å². The fraction of sp³-hybridized carbons (Fsp3) is 0.750. The third-order valence-electron chi connectivity index (χ3n) is 2.63. The van der Waals surface area contributed by atoms with Crippen molar-refractivity contribution in [2.45, 2.75) is 40.3 Å². The van der Waals surface area contributed by atoms with Crippen LogP contribution in [0.2, 0.25) is 6.04 Å². The normalized spacial score (nSPS) is 12.0. The molecule has 1 aromatic heterocycles. The molecule has 0 aromatic carbocycles. The van der Waals surface area contributed by atoms with Crippen molar-refractivity contribution in [2.75, 3.05) is 19.8 Å². The van der Waals surface area contributed by atoms with Crippen LogP contribution in [0.15, 0.2) is 17.1 Å². The van der Waals surface area contributed by atoms with Crippen molar-refractivity contribution in [3.05, 3.63) is 18.4 Å². The smallest absolute Gasteiger partial charge is 0.412 e. The Morgan fingerprint density at radius 1 is 1.11 bits per heavy atom. The van der Waals surface area contributed by atoms with Crippen LogP contribution >= 0.6 is 0 Å². The molecule has 0 N–H and O–H groups in total. The molecule has 0 aliphatic heterocycles. The highest BCUT2D eigenvalue weighted by Gasteiger charge is 2.41. The minimum Gasteiger partial charge on any atom is -0.412 e. The van der Waals surface area contributed by atoms with Gasteiger partial charge < -0.3 is 17.7 Å². The van der Waals surface area contributed by atoms with E-state index in [0.717, 1.165) is 18.3 Å². The number of nitrogens with zero attached hydrogens (tertiary/aromatic N) is 1. The Labute approximate surface area is 110 Å². The maximum atomic E-state index is 5.80. The van der Waals surface area contributed by atoms with E-state index in [1.165, 1.54) is 0 Å². The van der Waals surface area contributed by atoms with Crippen molar-refractivity contribution in [1.82, 2.24) is 0 Å². The molecule has 0 bridgehead atoms. The average molecular weight is 274 g/mol. The molecule has 0 atom stereocenters. The number of hydrogen-bond donors (Lipinski definition) is 0. The minimum absolute atomic E-state index is 0.612. The maximum Gasteiger partial charge on any atom is 0.507 e. The zero-order chi connectivity index (χ0) is 13.4. The molecule has 0 aliphatic rings. The summed E-state index contributed by atoms with van der Waals surface area (Å²) in [7, 11) is -2.54. The lowest BCUT2D eigenvalue weighted by atomic mass is 10.5. The summed E-state index contributed by atoms with van der Waals surface area (Å²) in [5.74, 6) is 0. The van der Waals surface area contributed by atoms with E-state index in [4.69, 9.17) is 17.7 Å². The van der Waals surface area contributed by atoms with Gasteiger partial charge in [0, 0.05) is 26.7 Å². The minimum atomic E-state index is -2.54. The average Bonchev–Trinajstić information content (AvgIpc) is 2.73. The molecule has 6 heteroatoms. The van der Waals surface area contributed by atoms with Crippen LogP contribution in [0, 0.1) is 6.92 Å². The quantitative estimate of drug-likeness (QED) is 0.510. The summed E-state index contributed by atoms with van der Waals surface area (Å²) in [5.41, 5.74) is 1.09. The lowest BCUT2D eigenvalue weighted by Crippen LogP contribution is -2.49. The summed E-state index contributed by atoms with van der Waals surface area (Å²) in [6.07, 6.45) is 3.43. The van der Waals surface area contributed by atoms with E-state index in [1.807, 2.05) is 32.3 Å². The van der Waals surface area contributed by atoms with E-state index in [2.05, 4.69) is 0 Å². The molecule has 104 valence electrons. The summed E-state index contributed by atoms with van der Waals surface area (Å²) in [5, 5.41) is 0. The Balaban J connectivity index is 2.67. The Bertz CT molecular complexity index is 326. The van der Waals surface area contributed by atoms with Gasteiger partial charge in [0.1, 0.15) is 0 Å². The van der Waals surface area contributed by atoms with Crippen molar-refractivity contribution in [2.24, 2.45) is 0 Å². The SMILES string of the molecule is CCO[Si](CC[n+]1cocc1C)(OCC)OCC. The molecule has 0 aliphatic carbocycles. The van der Waals surface area contributed by atoms with Crippen molar-refractivity contribution < 1.29 is 22.3 Å². The van der Waals surface area contributed by atoms with Crippen LogP contribution < -0.4 is 4.57 Å². The van der Waals surface area contributed by atoms with E-state index < -0.39 is 8.80 Å². The molecule has 18 heavy (non-hydrogen) atoms. The van der Waals surface area contributed by atoms with Crippen molar-refractivity contribution in [1.29, 1.82) is 0 Å². The first-order chi connectivity index (χ1) is 8.67. The first kappa shape index (κ1) is 15.4. The third-order valence-corrected chi connectivity index (χ3v) is 5.65. The molecule has 1 heterocycles. The van der Waals surface area contributed by atoms with Gasteiger partial charge in [-0.2, -0.15) is 4.57 Å². The third kappa shape index (κ3) is 4.20. The van der Waals surface area contributed by atoms with E-state index >= 15 is 0 Å². The molecule has 0 saturated heterocycles. The van der Waals surface area contributed by atoms with Gasteiger partial charge in [0.15, 0.2) is 12.8 Å². The number of aromatic nitrogens is 1. The van der Waals surface area contributed by atoms with Crippen LogP contribution in [-0.4, -0.2) is 28.6 Å². The van der Waals surface area contributed by atoms with Crippen LogP contribution in [0.5, 0.6) is 0 Å². The fourth-order valence-electron chi connectivity index (χ4n) is 1.84. The Kier molecular flexibility index (Phi) is 6.55. The Morgan fingerprint density at radius 3 is 2.06 bits per heavy atom. The second-order valence-corrected chi connectivity index (χ2v) is 6.66. The first-order valence-corrected chi connectivity index (χ1v) is 8.44. The number of aryl methyl sites for hydroxylation is 2. The van der Waals surface area contributed by atoms with E-state index in [-0.39, 0.29) is 0 Å². The Morgan fingerprint density at radius 2 is 1.67 bits per heavy atom. The van der Waals surface area contributed by atoms with E-state index in [9.17, 15) is 0 Å². The van der Waals surface area contributed by atoms with Gasteiger partial charge in [-0.05, 0) is 20.8 Å². The van der Waals surface area contributed by atoms with Gasteiger partial charge in [-0.25, -0.2) is 0 Å². The summed E-state index contributed by atoms with van der Waals surface area (Å²) in [4.78, 5) is 0. The van der Waals surface area contributed by atoms with E-state index in [1.54, 1.807) is 12.7 Å². The van der Waals surface area contributed by atoms with Crippen molar-refractivity contribution in [3.63, 3.8) is 0 Å². The summed E-state index contributed by atoms with van der Waals surface area (Å²) in [6.45, 7) is 10.5. The summed E-state index contributed by atoms with van der Waals surface area (Å²) in [6, 6.07) is 0.758. The molecule has 0 unspecified atom stereocenters. The summed E-state index contributed by atoms with van der Waals surface area (Å²) < 4.78 is 24.6. The number of hydrogen-bond acceptors (Lipinski definition) is 4. The zero-order valence-electron chi connectivity index (χ0n) is 11.8. The maximum absolute atomic E-state index is 5.80. The van der Waals surface area contributed by atoms with Gasteiger partial charge >= 0.3 is 15.2 Å². The first-order valence-electron chi connectivity index (χ1n) is 6.51. The standard InChI is InChI=1S/C12H24NO4Si/c1-5-15-18(16-6-2,17-7-3)9-8-13-11-14-10-12(13)4/h10-11H,5-9H2,1-4H3/q+1. The molecule has 0 fully saturated rings.